The van der Waals surface area contributed by atoms with Gasteiger partial charge in [0, 0.05) is 32.1 Å². The van der Waals surface area contributed by atoms with E-state index in [4.69, 9.17) is 4.74 Å². The molecule has 1 aromatic heterocycles. The molecule has 0 aliphatic carbocycles. The molecule has 2 heterocycles. The molecule has 1 aromatic rings. The molecule has 0 unspecified atom stereocenters. The Hall–Kier alpha value is -2.04. The van der Waals surface area contributed by atoms with Crippen LogP contribution in [0.4, 0.5) is 4.79 Å². The summed E-state index contributed by atoms with van der Waals surface area (Å²) in [5, 5.41) is 0. The zero-order chi connectivity index (χ0) is 15.6. The molecular formula is C16H22N2O3. The van der Waals surface area contributed by atoms with E-state index in [0.29, 0.717) is 6.54 Å². The number of nitrogens with zero attached hydrogens (tertiary/aromatic N) is 2. The first kappa shape index (κ1) is 15.4. The summed E-state index contributed by atoms with van der Waals surface area (Å²) in [5.74, 6) is 0. The molecule has 0 N–H and O–H groups in total. The molecule has 5 nitrogen and oxygen atoms in total. The molecule has 21 heavy (non-hydrogen) atoms. The molecule has 0 fully saturated rings. The predicted octanol–water partition coefficient (Wildman–Crippen LogP) is 2.76. The molecule has 114 valence electrons. The molecule has 0 saturated heterocycles. The summed E-state index contributed by atoms with van der Waals surface area (Å²) < 4.78 is 6.94. The lowest BCUT2D eigenvalue weighted by Gasteiger charge is -2.28. The van der Waals surface area contributed by atoms with E-state index in [1.165, 1.54) is 0 Å². The molecule has 1 aliphatic rings. The lowest BCUT2D eigenvalue weighted by Crippen LogP contribution is -2.35. The van der Waals surface area contributed by atoms with Gasteiger partial charge in [-0.3, -0.25) is 9.69 Å². The van der Waals surface area contributed by atoms with Crippen molar-refractivity contribution in [1.82, 2.24) is 9.47 Å². The van der Waals surface area contributed by atoms with E-state index < -0.39 is 5.60 Å². The van der Waals surface area contributed by atoms with Gasteiger partial charge < -0.3 is 9.30 Å². The number of hydrogen-bond acceptors (Lipinski definition) is 3. The SMILES string of the molecule is Cn1cc(C2=CN(C(=O)OC(C)(C)C)CCC2)ccc1=O. The Kier molecular flexibility index (Phi) is 4.21. The van der Waals surface area contributed by atoms with E-state index in [1.54, 1.807) is 34.8 Å². The summed E-state index contributed by atoms with van der Waals surface area (Å²) in [7, 11) is 1.72. The lowest BCUT2D eigenvalue weighted by atomic mass is 10.0. The molecule has 2 rings (SSSR count). The number of carbonyl (C=O) groups is 1. The fourth-order valence-corrected chi connectivity index (χ4v) is 2.22. The monoisotopic (exact) mass is 290 g/mol. The average Bonchev–Trinajstić information content (AvgIpc) is 2.40. The van der Waals surface area contributed by atoms with Crippen LogP contribution in [0.5, 0.6) is 0 Å². The van der Waals surface area contributed by atoms with Crippen LogP contribution in [0, 0.1) is 0 Å². The van der Waals surface area contributed by atoms with Crippen LogP contribution in [0.3, 0.4) is 0 Å². The summed E-state index contributed by atoms with van der Waals surface area (Å²) in [6.45, 7) is 6.22. The zero-order valence-corrected chi connectivity index (χ0v) is 13.0. The normalized spacial score (nSPS) is 15.6. The van der Waals surface area contributed by atoms with E-state index in [1.807, 2.05) is 27.0 Å². The van der Waals surface area contributed by atoms with Crippen LogP contribution in [0.15, 0.2) is 29.3 Å². The maximum atomic E-state index is 12.1. The minimum Gasteiger partial charge on any atom is -0.443 e. The molecule has 0 atom stereocenters. The number of allylic oxidation sites excluding steroid dienone is 1. The second-order valence-electron chi connectivity index (χ2n) is 6.30. The zero-order valence-electron chi connectivity index (χ0n) is 13.0. The Morgan fingerprint density at radius 1 is 1.29 bits per heavy atom. The third kappa shape index (κ3) is 3.97. The molecule has 5 heteroatoms. The molecular weight excluding hydrogens is 268 g/mol. The second-order valence-corrected chi connectivity index (χ2v) is 6.30. The van der Waals surface area contributed by atoms with Crippen molar-refractivity contribution in [2.75, 3.05) is 6.54 Å². The number of hydrogen-bond donors (Lipinski definition) is 0. The molecule has 0 bridgehead atoms. The van der Waals surface area contributed by atoms with E-state index in [0.717, 1.165) is 24.0 Å². The second kappa shape index (κ2) is 5.76. The van der Waals surface area contributed by atoms with Gasteiger partial charge in [-0.25, -0.2) is 4.79 Å². The number of aryl methyl sites for hydroxylation is 1. The van der Waals surface area contributed by atoms with Crippen LogP contribution < -0.4 is 5.56 Å². The van der Waals surface area contributed by atoms with Gasteiger partial charge in [0.05, 0.1) is 0 Å². The number of amides is 1. The van der Waals surface area contributed by atoms with Gasteiger partial charge >= 0.3 is 6.09 Å². The summed E-state index contributed by atoms with van der Waals surface area (Å²) >= 11 is 0. The van der Waals surface area contributed by atoms with E-state index in [2.05, 4.69) is 0 Å². The Balaban J connectivity index is 2.22. The highest BCUT2D eigenvalue weighted by Crippen LogP contribution is 2.25. The molecule has 0 radical (unpaired) electrons. The Morgan fingerprint density at radius 3 is 2.62 bits per heavy atom. The van der Waals surface area contributed by atoms with Crippen molar-refractivity contribution in [1.29, 1.82) is 0 Å². The number of rotatable bonds is 1. The Morgan fingerprint density at radius 2 is 2.00 bits per heavy atom. The fourth-order valence-electron chi connectivity index (χ4n) is 2.22. The third-order valence-corrected chi connectivity index (χ3v) is 3.24. The smallest absolute Gasteiger partial charge is 0.414 e. The highest BCUT2D eigenvalue weighted by atomic mass is 16.6. The van der Waals surface area contributed by atoms with Crippen LogP contribution in [0.2, 0.25) is 0 Å². The Labute approximate surface area is 124 Å². The van der Waals surface area contributed by atoms with Gasteiger partial charge in [-0.1, -0.05) is 0 Å². The van der Waals surface area contributed by atoms with Crippen molar-refractivity contribution in [3.8, 4) is 0 Å². The number of aromatic nitrogens is 1. The summed E-state index contributed by atoms with van der Waals surface area (Å²) in [4.78, 5) is 25.2. The fraction of sp³-hybridized carbons (Fsp3) is 0.500. The van der Waals surface area contributed by atoms with E-state index in [-0.39, 0.29) is 11.7 Å². The van der Waals surface area contributed by atoms with Crippen LogP contribution in [-0.4, -0.2) is 27.7 Å². The molecule has 0 spiro atoms. The van der Waals surface area contributed by atoms with Gasteiger partial charge in [-0.05, 0) is 50.8 Å². The van der Waals surface area contributed by atoms with Crippen molar-refractivity contribution < 1.29 is 9.53 Å². The minimum absolute atomic E-state index is 0.0424. The number of carbonyl (C=O) groups excluding carboxylic acids is 1. The number of ether oxygens (including phenoxy) is 1. The van der Waals surface area contributed by atoms with Crippen LogP contribution >= 0.6 is 0 Å². The molecule has 0 saturated carbocycles. The van der Waals surface area contributed by atoms with Gasteiger partial charge in [-0.15, -0.1) is 0 Å². The first-order valence-electron chi connectivity index (χ1n) is 7.14. The topological polar surface area (TPSA) is 51.5 Å². The number of pyridine rings is 1. The highest BCUT2D eigenvalue weighted by Gasteiger charge is 2.23. The summed E-state index contributed by atoms with van der Waals surface area (Å²) in [6.07, 6.45) is 5.07. The van der Waals surface area contributed by atoms with E-state index in [9.17, 15) is 9.59 Å². The van der Waals surface area contributed by atoms with Gasteiger partial charge in [0.2, 0.25) is 5.56 Å². The summed E-state index contributed by atoms with van der Waals surface area (Å²) in [5.41, 5.74) is 1.46. The summed E-state index contributed by atoms with van der Waals surface area (Å²) in [6, 6.07) is 3.34. The molecule has 0 aromatic carbocycles. The van der Waals surface area contributed by atoms with Crippen LogP contribution in [0.25, 0.3) is 5.57 Å². The van der Waals surface area contributed by atoms with Crippen molar-refractivity contribution >= 4 is 11.7 Å². The van der Waals surface area contributed by atoms with Crippen molar-refractivity contribution in [3.05, 3.63) is 40.4 Å². The minimum atomic E-state index is -0.501. The quantitative estimate of drug-likeness (QED) is 0.799. The van der Waals surface area contributed by atoms with Crippen molar-refractivity contribution in [2.24, 2.45) is 7.05 Å². The van der Waals surface area contributed by atoms with Crippen LogP contribution in [-0.2, 0) is 11.8 Å². The molecule has 1 aliphatic heterocycles. The van der Waals surface area contributed by atoms with Gasteiger partial charge in [0.25, 0.3) is 0 Å². The Bertz CT molecular complexity index is 623. The first-order chi connectivity index (χ1) is 9.76. The maximum absolute atomic E-state index is 12.1. The molecule has 1 amide bonds. The third-order valence-electron chi connectivity index (χ3n) is 3.24. The van der Waals surface area contributed by atoms with E-state index >= 15 is 0 Å². The van der Waals surface area contributed by atoms with Gasteiger partial charge in [-0.2, -0.15) is 0 Å². The maximum Gasteiger partial charge on any atom is 0.414 e. The van der Waals surface area contributed by atoms with Crippen molar-refractivity contribution in [2.45, 2.75) is 39.2 Å². The van der Waals surface area contributed by atoms with Crippen molar-refractivity contribution in [3.63, 3.8) is 0 Å². The average molecular weight is 290 g/mol. The van der Waals surface area contributed by atoms with Gasteiger partial charge in [0.15, 0.2) is 0 Å². The lowest BCUT2D eigenvalue weighted by molar-refractivity contribution is 0.0329. The van der Waals surface area contributed by atoms with Gasteiger partial charge in [0.1, 0.15) is 5.60 Å². The first-order valence-corrected chi connectivity index (χ1v) is 7.14. The highest BCUT2D eigenvalue weighted by molar-refractivity contribution is 5.74. The standard InChI is InChI=1S/C16H22N2O3/c1-16(2,3)21-15(20)18-9-5-6-12(11-18)13-7-8-14(19)17(4)10-13/h7-8,10-11H,5-6,9H2,1-4H3. The largest absolute Gasteiger partial charge is 0.443 e. The van der Waals surface area contributed by atoms with Crippen LogP contribution in [0.1, 0.15) is 39.2 Å². The predicted molar refractivity (Wildman–Crippen MR) is 81.8 cm³/mol.